The Morgan fingerprint density at radius 3 is 3.05 bits per heavy atom. The van der Waals surface area contributed by atoms with Gasteiger partial charge in [-0.15, -0.1) is 11.3 Å². The van der Waals surface area contributed by atoms with Gasteiger partial charge in [-0.3, -0.25) is 0 Å². The summed E-state index contributed by atoms with van der Waals surface area (Å²) < 4.78 is 0. The van der Waals surface area contributed by atoms with Gasteiger partial charge in [-0.05, 0) is 31.6 Å². The van der Waals surface area contributed by atoms with Gasteiger partial charge in [0.25, 0.3) is 0 Å². The van der Waals surface area contributed by atoms with E-state index in [0.29, 0.717) is 17.2 Å². The van der Waals surface area contributed by atoms with Crippen LogP contribution >= 0.6 is 23.1 Å². The maximum absolute atomic E-state index is 5.86. The lowest BCUT2D eigenvalue weighted by Crippen LogP contribution is -2.26. The Balaban J connectivity index is 1.95. The fourth-order valence-electron chi connectivity index (χ4n) is 2.82. The van der Waals surface area contributed by atoms with Crippen LogP contribution in [-0.2, 0) is 6.42 Å². The zero-order valence-electron chi connectivity index (χ0n) is 11.8. The summed E-state index contributed by atoms with van der Waals surface area (Å²) in [7, 11) is 0. The molecule has 2 unspecified atom stereocenters. The first-order valence-corrected chi connectivity index (χ1v) is 9.17. The smallest absolute Gasteiger partial charge is 0.223 e. The highest BCUT2D eigenvalue weighted by molar-refractivity contribution is 7.99. The van der Waals surface area contributed by atoms with Gasteiger partial charge >= 0.3 is 0 Å². The van der Waals surface area contributed by atoms with Crippen LogP contribution in [0.4, 0.5) is 11.8 Å². The molecule has 0 radical (unpaired) electrons. The van der Waals surface area contributed by atoms with E-state index in [4.69, 9.17) is 5.73 Å². The quantitative estimate of drug-likeness (QED) is 0.904. The van der Waals surface area contributed by atoms with Gasteiger partial charge in [0.1, 0.15) is 10.6 Å². The molecule has 1 saturated carbocycles. The Hall–Kier alpha value is -1.01. The van der Waals surface area contributed by atoms with Crippen molar-refractivity contribution in [2.45, 2.75) is 43.9 Å². The third-order valence-corrected chi connectivity index (χ3v) is 6.23. The molecule has 4 nitrogen and oxygen atoms in total. The largest absolute Gasteiger partial charge is 0.368 e. The Kier molecular flexibility index (Phi) is 4.03. The van der Waals surface area contributed by atoms with Gasteiger partial charge in [-0.1, -0.05) is 13.3 Å². The fraction of sp³-hybridized carbons (Fsp3) is 0.571. The third kappa shape index (κ3) is 2.59. The maximum atomic E-state index is 5.86. The molecule has 20 heavy (non-hydrogen) atoms. The number of nitrogens with two attached hydrogens (primary N) is 1. The molecule has 1 aliphatic rings. The average Bonchev–Trinajstić information content (AvgIpc) is 3.04. The van der Waals surface area contributed by atoms with Gasteiger partial charge in [-0.25, -0.2) is 4.98 Å². The van der Waals surface area contributed by atoms with Crippen LogP contribution in [-0.4, -0.2) is 27.5 Å². The number of nitrogens with one attached hydrogen (secondary N) is 1. The van der Waals surface area contributed by atoms with Crippen molar-refractivity contribution in [2.24, 2.45) is 0 Å². The molecular formula is C14H20N4S2. The summed E-state index contributed by atoms with van der Waals surface area (Å²) in [6, 6.07) is 2.69. The van der Waals surface area contributed by atoms with Gasteiger partial charge in [0.2, 0.25) is 5.95 Å². The molecule has 3 N–H and O–H groups in total. The second kappa shape index (κ2) is 5.77. The summed E-state index contributed by atoms with van der Waals surface area (Å²) in [4.78, 5) is 11.1. The van der Waals surface area contributed by atoms with Gasteiger partial charge in [0.05, 0.1) is 5.39 Å². The van der Waals surface area contributed by atoms with Crippen molar-refractivity contribution in [3.63, 3.8) is 0 Å². The van der Waals surface area contributed by atoms with Gasteiger partial charge < -0.3 is 11.1 Å². The standard InChI is InChI=1S/C14H20N4S2/c1-3-8-7-9-12(17-14(15)18-13(9)20-8)16-10-5-4-6-11(10)19-2/h7,10-11H,3-6H2,1-2H3,(H3,15,16,17,18). The van der Waals surface area contributed by atoms with E-state index in [9.17, 15) is 0 Å². The molecule has 6 heteroatoms. The van der Waals surface area contributed by atoms with Crippen LogP contribution in [0.2, 0.25) is 0 Å². The number of hydrogen-bond acceptors (Lipinski definition) is 6. The van der Waals surface area contributed by atoms with Crippen molar-refractivity contribution in [2.75, 3.05) is 17.3 Å². The van der Waals surface area contributed by atoms with Gasteiger partial charge in [-0.2, -0.15) is 16.7 Å². The van der Waals surface area contributed by atoms with E-state index in [2.05, 4.69) is 34.5 Å². The molecule has 0 aromatic carbocycles. The van der Waals surface area contributed by atoms with Crippen molar-refractivity contribution in [1.82, 2.24) is 9.97 Å². The number of hydrogen-bond donors (Lipinski definition) is 2. The highest BCUT2D eigenvalue weighted by Gasteiger charge is 2.27. The number of fused-ring (bicyclic) bond motifs is 1. The van der Waals surface area contributed by atoms with Crippen LogP contribution in [0.1, 0.15) is 31.1 Å². The van der Waals surface area contributed by atoms with Crippen LogP contribution in [0, 0.1) is 0 Å². The number of aryl methyl sites for hydroxylation is 1. The number of nitrogens with zero attached hydrogens (tertiary/aromatic N) is 2. The van der Waals surface area contributed by atoms with Gasteiger partial charge in [0, 0.05) is 16.2 Å². The Labute approximate surface area is 127 Å². The highest BCUT2D eigenvalue weighted by atomic mass is 32.2. The summed E-state index contributed by atoms with van der Waals surface area (Å²) in [5.74, 6) is 1.28. The highest BCUT2D eigenvalue weighted by Crippen LogP contribution is 2.34. The Bertz CT molecular complexity index is 610. The SMILES string of the molecule is CCc1cc2c(NC3CCCC3SC)nc(N)nc2s1. The molecule has 0 bridgehead atoms. The van der Waals surface area contributed by atoms with E-state index in [1.54, 1.807) is 11.3 Å². The Morgan fingerprint density at radius 1 is 1.45 bits per heavy atom. The molecule has 2 heterocycles. The molecule has 0 saturated heterocycles. The fourth-order valence-corrected chi connectivity index (χ4v) is 4.73. The molecule has 3 rings (SSSR count). The minimum absolute atomic E-state index is 0.364. The van der Waals surface area contributed by atoms with E-state index in [0.717, 1.165) is 22.5 Å². The average molecular weight is 308 g/mol. The summed E-state index contributed by atoms with van der Waals surface area (Å²) in [6.45, 7) is 2.16. The van der Waals surface area contributed by atoms with Crippen LogP contribution in [0.5, 0.6) is 0 Å². The lowest BCUT2D eigenvalue weighted by Gasteiger charge is -2.20. The van der Waals surface area contributed by atoms with Crippen molar-refractivity contribution in [3.05, 3.63) is 10.9 Å². The topological polar surface area (TPSA) is 63.8 Å². The predicted molar refractivity (Wildman–Crippen MR) is 89.8 cm³/mol. The second-order valence-electron chi connectivity index (χ2n) is 5.17. The van der Waals surface area contributed by atoms with Crippen molar-refractivity contribution in [3.8, 4) is 0 Å². The molecule has 0 aliphatic heterocycles. The molecule has 2 atom stereocenters. The van der Waals surface area contributed by atoms with E-state index < -0.39 is 0 Å². The third-order valence-electron chi connectivity index (χ3n) is 3.89. The van der Waals surface area contributed by atoms with Crippen molar-refractivity contribution >= 4 is 45.1 Å². The second-order valence-corrected chi connectivity index (χ2v) is 7.36. The zero-order chi connectivity index (χ0) is 14.1. The van der Waals surface area contributed by atoms with Crippen LogP contribution < -0.4 is 11.1 Å². The molecule has 2 aromatic heterocycles. The van der Waals surface area contributed by atoms with E-state index in [1.165, 1.54) is 24.1 Å². The first-order valence-electron chi connectivity index (χ1n) is 7.06. The number of aromatic nitrogens is 2. The minimum atomic E-state index is 0.364. The maximum Gasteiger partial charge on any atom is 0.223 e. The lowest BCUT2D eigenvalue weighted by molar-refractivity contribution is 0.765. The number of thioether (sulfide) groups is 1. The first kappa shape index (κ1) is 13.9. The van der Waals surface area contributed by atoms with Crippen LogP contribution in [0.3, 0.4) is 0 Å². The van der Waals surface area contributed by atoms with Crippen molar-refractivity contribution in [1.29, 1.82) is 0 Å². The Morgan fingerprint density at radius 2 is 2.30 bits per heavy atom. The predicted octanol–water partition coefficient (Wildman–Crippen LogP) is 3.53. The van der Waals surface area contributed by atoms with Gasteiger partial charge in [0.15, 0.2) is 0 Å². The van der Waals surface area contributed by atoms with Crippen LogP contribution in [0.15, 0.2) is 6.07 Å². The molecular weight excluding hydrogens is 288 g/mol. The number of nitrogen functional groups attached to an aromatic ring is 1. The number of rotatable bonds is 4. The molecule has 2 aromatic rings. The van der Waals surface area contributed by atoms with E-state index >= 15 is 0 Å². The molecule has 108 valence electrons. The van der Waals surface area contributed by atoms with E-state index in [-0.39, 0.29) is 0 Å². The molecule has 1 fully saturated rings. The zero-order valence-corrected chi connectivity index (χ0v) is 13.5. The molecule has 1 aliphatic carbocycles. The molecule has 0 amide bonds. The number of anilines is 2. The molecule has 0 spiro atoms. The number of thiophene rings is 1. The summed E-state index contributed by atoms with van der Waals surface area (Å²) in [6.07, 6.45) is 7.00. The van der Waals surface area contributed by atoms with Crippen LogP contribution in [0.25, 0.3) is 10.2 Å². The lowest BCUT2D eigenvalue weighted by atomic mass is 10.2. The van der Waals surface area contributed by atoms with Crippen molar-refractivity contribution < 1.29 is 0 Å². The summed E-state index contributed by atoms with van der Waals surface area (Å²) in [5.41, 5.74) is 5.86. The normalized spacial score (nSPS) is 22.5. The monoisotopic (exact) mass is 308 g/mol. The van der Waals surface area contributed by atoms with E-state index in [1.807, 2.05) is 11.8 Å². The minimum Gasteiger partial charge on any atom is -0.368 e. The summed E-state index contributed by atoms with van der Waals surface area (Å²) in [5, 5.41) is 5.41. The first-order chi connectivity index (χ1) is 9.71. The summed E-state index contributed by atoms with van der Waals surface area (Å²) >= 11 is 3.66.